The highest BCUT2D eigenvalue weighted by Gasteiger charge is 2.31. The molecule has 1 N–H and O–H groups in total. The standard InChI is InChI=1S/C27H30N2O5S2/c1-17-10-13-20(14-11-17)36(32,33)29(22-15-18(2)9-12-19(22)3)16-24(30)28-26-25(27(31)34-4)21-7-5-6-8-23(21)35-26/h9-15H,5-8,16H2,1-4H3,(H,28,30). The molecule has 0 spiro atoms. The molecule has 1 aliphatic carbocycles. The number of ether oxygens (including phenoxy) is 1. The Bertz CT molecular complexity index is 1410. The minimum absolute atomic E-state index is 0.101. The number of fused-ring (bicyclic) bond motifs is 1. The molecule has 1 heterocycles. The molecular formula is C27H30N2O5S2. The van der Waals surface area contributed by atoms with Crippen molar-refractivity contribution in [3.05, 3.63) is 75.2 Å². The fourth-order valence-corrected chi connectivity index (χ4v) is 7.16. The Morgan fingerprint density at radius 2 is 1.67 bits per heavy atom. The van der Waals surface area contributed by atoms with Crippen LogP contribution >= 0.6 is 11.3 Å². The van der Waals surface area contributed by atoms with Crippen molar-refractivity contribution < 1.29 is 22.7 Å². The lowest BCUT2D eigenvalue weighted by Crippen LogP contribution is -2.38. The first-order valence-electron chi connectivity index (χ1n) is 11.8. The summed E-state index contributed by atoms with van der Waals surface area (Å²) < 4.78 is 33.6. The molecule has 0 bridgehead atoms. The van der Waals surface area contributed by atoms with Crippen LogP contribution in [-0.2, 0) is 32.4 Å². The van der Waals surface area contributed by atoms with E-state index in [1.54, 1.807) is 30.3 Å². The van der Waals surface area contributed by atoms with Crippen molar-refractivity contribution in [2.75, 3.05) is 23.3 Å². The van der Waals surface area contributed by atoms with Crippen LogP contribution in [0.15, 0.2) is 47.4 Å². The van der Waals surface area contributed by atoms with E-state index in [1.165, 1.54) is 18.4 Å². The molecule has 9 heteroatoms. The van der Waals surface area contributed by atoms with Gasteiger partial charge in [0.2, 0.25) is 5.91 Å². The molecule has 0 radical (unpaired) electrons. The van der Waals surface area contributed by atoms with E-state index in [1.807, 2.05) is 32.9 Å². The third-order valence-electron chi connectivity index (χ3n) is 6.34. The largest absolute Gasteiger partial charge is 0.465 e. The fraction of sp³-hybridized carbons (Fsp3) is 0.333. The molecule has 2 aromatic carbocycles. The number of rotatable bonds is 7. The number of methoxy groups -OCH3 is 1. The summed E-state index contributed by atoms with van der Waals surface area (Å²) in [7, 11) is -2.73. The van der Waals surface area contributed by atoms with Crippen LogP contribution in [-0.4, -0.2) is 33.9 Å². The number of carbonyl (C=O) groups is 2. The normalized spacial score (nSPS) is 13.1. The molecule has 36 heavy (non-hydrogen) atoms. The SMILES string of the molecule is COC(=O)c1c(NC(=O)CN(c2cc(C)ccc2C)S(=O)(=O)c2ccc(C)cc2)sc2c1CCCC2. The van der Waals surface area contributed by atoms with Gasteiger partial charge in [0.05, 0.1) is 23.3 Å². The number of esters is 1. The van der Waals surface area contributed by atoms with Crippen molar-refractivity contribution in [2.45, 2.75) is 51.3 Å². The summed E-state index contributed by atoms with van der Waals surface area (Å²) in [6.07, 6.45) is 3.59. The summed E-state index contributed by atoms with van der Waals surface area (Å²) in [4.78, 5) is 27.1. The quantitative estimate of drug-likeness (QED) is 0.429. The molecule has 0 aliphatic heterocycles. The van der Waals surface area contributed by atoms with Gasteiger partial charge in [-0.1, -0.05) is 29.8 Å². The van der Waals surface area contributed by atoms with Crippen molar-refractivity contribution in [3.8, 4) is 0 Å². The van der Waals surface area contributed by atoms with Crippen molar-refractivity contribution in [2.24, 2.45) is 0 Å². The Labute approximate surface area is 216 Å². The van der Waals surface area contributed by atoms with Gasteiger partial charge in [0.1, 0.15) is 11.5 Å². The van der Waals surface area contributed by atoms with E-state index >= 15 is 0 Å². The van der Waals surface area contributed by atoms with Gasteiger partial charge >= 0.3 is 5.97 Å². The highest BCUT2D eigenvalue weighted by Crippen LogP contribution is 2.38. The average Bonchev–Trinajstić information content (AvgIpc) is 3.21. The molecule has 0 saturated carbocycles. The van der Waals surface area contributed by atoms with Gasteiger partial charge in [0, 0.05) is 4.88 Å². The van der Waals surface area contributed by atoms with Crippen LogP contribution in [0, 0.1) is 20.8 Å². The van der Waals surface area contributed by atoms with Crippen LogP contribution in [0.4, 0.5) is 10.7 Å². The zero-order chi connectivity index (χ0) is 26.0. The number of amides is 1. The van der Waals surface area contributed by atoms with Crippen LogP contribution in [0.5, 0.6) is 0 Å². The van der Waals surface area contributed by atoms with E-state index in [0.717, 1.165) is 57.1 Å². The van der Waals surface area contributed by atoms with Gasteiger partial charge in [-0.05, 0) is 81.3 Å². The molecule has 0 atom stereocenters. The summed E-state index contributed by atoms with van der Waals surface area (Å²) in [5.41, 5.74) is 4.27. The molecule has 190 valence electrons. The van der Waals surface area contributed by atoms with Gasteiger partial charge in [0.15, 0.2) is 0 Å². The monoisotopic (exact) mass is 526 g/mol. The summed E-state index contributed by atoms with van der Waals surface area (Å²) >= 11 is 1.37. The minimum Gasteiger partial charge on any atom is -0.465 e. The van der Waals surface area contributed by atoms with E-state index in [-0.39, 0.29) is 4.90 Å². The molecule has 0 saturated heterocycles. The van der Waals surface area contributed by atoms with Crippen molar-refractivity contribution >= 4 is 43.9 Å². The van der Waals surface area contributed by atoms with Crippen LogP contribution in [0.3, 0.4) is 0 Å². The van der Waals surface area contributed by atoms with Crippen molar-refractivity contribution in [1.82, 2.24) is 0 Å². The maximum Gasteiger partial charge on any atom is 0.341 e. The van der Waals surface area contributed by atoms with Crippen molar-refractivity contribution in [1.29, 1.82) is 0 Å². The Balaban J connectivity index is 1.71. The summed E-state index contributed by atoms with van der Waals surface area (Å²) in [5.74, 6) is -1.03. The first-order valence-corrected chi connectivity index (χ1v) is 14.1. The number of anilines is 2. The number of sulfonamides is 1. The number of carbonyl (C=O) groups excluding carboxylic acids is 2. The maximum atomic E-state index is 13.8. The van der Waals surface area contributed by atoms with Gasteiger partial charge in [-0.25, -0.2) is 13.2 Å². The zero-order valence-electron chi connectivity index (χ0n) is 20.9. The van der Waals surface area contributed by atoms with E-state index in [4.69, 9.17) is 4.74 Å². The lowest BCUT2D eigenvalue weighted by molar-refractivity contribution is -0.114. The van der Waals surface area contributed by atoms with E-state index < -0.39 is 28.4 Å². The second kappa shape index (κ2) is 10.4. The summed E-state index contributed by atoms with van der Waals surface area (Å²) in [6, 6.07) is 12.0. The number of aryl methyl sites for hydroxylation is 4. The minimum atomic E-state index is -4.05. The van der Waals surface area contributed by atoms with Gasteiger partial charge in [-0.3, -0.25) is 9.10 Å². The smallest absolute Gasteiger partial charge is 0.341 e. The lowest BCUT2D eigenvalue weighted by atomic mass is 9.95. The van der Waals surface area contributed by atoms with Gasteiger partial charge in [-0.2, -0.15) is 0 Å². The van der Waals surface area contributed by atoms with Crippen LogP contribution < -0.4 is 9.62 Å². The molecule has 0 fully saturated rings. The van der Waals surface area contributed by atoms with Crippen LogP contribution in [0.25, 0.3) is 0 Å². The summed E-state index contributed by atoms with van der Waals surface area (Å²) in [6.45, 7) is 5.13. The molecule has 4 rings (SSSR count). The molecule has 1 amide bonds. The average molecular weight is 527 g/mol. The second-order valence-corrected chi connectivity index (χ2v) is 12.0. The maximum absolute atomic E-state index is 13.8. The first-order chi connectivity index (χ1) is 17.1. The van der Waals surface area contributed by atoms with Gasteiger partial charge in [-0.15, -0.1) is 11.3 Å². The lowest BCUT2D eigenvalue weighted by Gasteiger charge is -2.26. The van der Waals surface area contributed by atoms with Crippen LogP contribution in [0.2, 0.25) is 0 Å². The fourth-order valence-electron chi connectivity index (χ4n) is 4.39. The number of benzene rings is 2. The highest BCUT2D eigenvalue weighted by atomic mass is 32.2. The predicted octanol–water partition coefficient (Wildman–Crippen LogP) is 5.17. The molecule has 3 aromatic rings. The Kier molecular flexibility index (Phi) is 7.51. The number of nitrogens with one attached hydrogen (secondary N) is 1. The molecule has 1 aliphatic rings. The van der Waals surface area contributed by atoms with Gasteiger partial charge in [0.25, 0.3) is 10.0 Å². The third kappa shape index (κ3) is 5.17. The first kappa shape index (κ1) is 25.9. The topological polar surface area (TPSA) is 92.8 Å². The second-order valence-electron chi connectivity index (χ2n) is 9.07. The van der Waals surface area contributed by atoms with E-state index in [2.05, 4.69) is 5.32 Å². The zero-order valence-corrected chi connectivity index (χ0v) is 22.5. The number of hydrogen-bond acceptors (Lipinski definition) is 6. The molecule has 1 aromatic heterocycles. The number of thiophene rings is 1. The van der Waals surface area contributed by atoms with Gasteiger partial charge < -0.3 is 10.1 Å². The molecular weight excluding hydrogens is 496 g/mol. The van der Waals surface area contributed by atoms with E-state index in [9.17, 15) is 18.0 Å². The molecule has 0 unspecified atom stereocenters. The number of hydrogen-bond donors (Lipinski definition) is 1. The summed E-state index contributed by atoms with van der Waals surface area (Å²) in [5, 5.41) is 3.23. The Morgan fingerprint density at radius 1 is 1.00 bits per heavy atom. The third-order valence-corrected chi connectivity index (χ3v) is 9.32. The predicted molar refractivity (Wildman–Crippen MR) is 143 cm³/mol. The van der Waals surface area contributed by atoms with Crippen LogP contribution in [0.1, 0.15) is 50.3 Å². The van der Waals surface area contributed by atoms with Crippen molar-refractivity contribution in [3.63, 3.8) is 0 Å². The Morgan fingerprint density at radius 3 is 2.36 bits per heavy atom. The van der Waals surface area contributed by atoms with E-state index in [0.29, 0.717) is 16.3 Å². The molecule has 7 nitrogen and oxygen atoms in total. The highest BCUT2D eigenvalue weighted by molar-refractivity contribution is 7.92. The Hall–Kier alpha value is -3.17. The number of nitrogens with zero attached hydrogens (tertiary/aromatic N) is 1.